The Morgan fingerprint density at radius 2 is 1.19 bits per heavy atom. The Labute approximate surface area is 395 Å². The van der Waals surface area contributed by atoms with Crippen molar-refractivity contribution in [1.82, 2.24) is 0 Å². The van der Waals surface area contributed by atoms with Gasteiger partial charge in [-0.1, -0.05) is 111 Å². The smallest absolute Gasteiger partial charge is 0.338 e. The van der Waals surface area contributed by atoms with Crippen molar-refractivity contribution in [2.45, 2.75) is 96.8 Å². The molecule has 344 valence electrons. The number of nitrogens with zero attached hydrogens (tertiary/aromatic N) is 3. The molecule has 0 amide bonds. The highest BCUT2D eigenvalue weighted by Crippen LogP contribution is 2.69. The van der Waals surface area contributed by atoms with Crippen molar-refractivity contribution in [3.05, 3.63) is 131 Å². The normalized spacial score (nSPS) is 29.4. The van der Waals surface area contributed by atoms with Crippen molar-refractivity contribution in [3.8, 4) is 0 Å². The Morgan fingerprint density at radius 3 is 1.72 bits per heavy atom. The van der Waals surface area contributed by atoms with Gasteiger partial charge in [-0.2, -0.15) is 0 Å². The highest BCUT2D eigenvalue weighted by Gasteiger charge is 2.67. The maximum Gasteiger partial charge on any atom is 0.338 e. The number of hydrogen-bond donors (Lipinski definition) is 0. The zero-order valence-corrected chi connectivity index (χ0v) is 39.2. The first kappa shape index (κ1) is 42.9. The van der Waals surface area contributed by atoms with Crippen LogP contribution in [-0.2, 0) is 19.0 Å². The fraction of sp³-hybridized carbons (Fsp3) is 0.407. The summed E-state index contributed by atoms with van der Waals surface area (Å²) in [4.78, 5) is 45.6. The van der Waals surface area contributed by atoms with Crippen molar-refractivity contribution >= 4 is 82.5 Å². The number of esters is 3. The van der Waals surface area contributed by atoms with Crippen LogP contribution in [0.3, 0.4) is 0 Å². The van der Waals surface area contributed by atoms with E-state index in [9.17, 15) is 19.9 Å². The van der Waals surface area contributed by atoms with Gasteiger partial charge in [0.2, 0.25) is 0 Å². The molecular formula is C59H57N3O6. The largest absolute Gasteiger partial charge is 0.469 e. The summed E-state index contributed by atoms with van der Waals surface area (Å²) in [6.45, 7) is 6.98. The quantitative estimate of drug-likeness (QED) is 0.0354. The number of ether oxygens (including phenoxy) is 3. The molecule has 0 radical (unpaired) electrons. The molecule has 9 heteroatoms. The van der Waals surface area contributed by atoms with Crippen molar-refractivity contribution in [1.29, 1.82) is 0 Å². The molecule has 8 aromatic carbocycles. The molecule has 12 rings (SSSR count). The van der Waals surface area contributed by atoms with Crippen LogP contribution in [0, 0.1) is 46.3 Å². The number of benzene rings is 8. The molecule has 9 nitrogen and oxygen atoms in total. The Bertz CT molecular complexity index is 3250. The summed E-state index contributed by atoms with van der Waals surface area (Å²) in [5, 5.41) is 17.7. The van der Waals surface area contributed by atoms with E-state index in [1.807, 2.05) is 24.3 Å². The van der Waals surface area contributed by atoms with Gasteiger partial charge in [-0.05, 0) is 181 Å². The van der Waals surface area contributed by atoms with Gasteiger partial charge in [-0.25, -0.2) is 9.59 Å². The highest BCUT2D eigenvalue weighted by atomic mass is 16.6. The van der Waals surface area contributed by atoms with Crippen molar-refractivity contribution < 1.29 is 28.6 Å². The number of azide groups is 1. The first-order valence-electron chi connectivity index (χ1n) is 24.8. The summed E-state index contributed by atoms with van der Waals surface area (Å²) >= 11 is 0. The number of carbonyl (C=O) groups is 3. The summed E-state index contributed by atoms with van der Waals surface area (Å²) in [5.74, 6) is -0.295. The Kier molecular flexibility index (Phi) is 10.1. The molecule has 4 saturated carbocycles. The Morgan fingerprint density at radius 1 is 0.676 bits per heavy atom. The fourth-order valence-electron chi connectivity index (χ4n) is 15.4. The molecule has 4 aliphatic carbocycles. The average Bonchev–Trinajstić information content (AvgIpc) is 3.72. The number of methoxy groups -OCH3 is 1. The molecule has 11 atom stereocenters. The number of carbonyl (C=O) groups excluding carboxylic acids is 3. The minimum Gasteiger partial charge on any atom is -0.469 e. The molecule has 0 heterocycles. The summed E-state index contributed by atoms with van der Waals surface area (Å²) in [7, 11) is 1.44. The van der Waals surface area contributed by atoms with Crippen molar-refractivity contribution in [2.24, 2.45) is 51.5 Å². The predicted molar refractivity (Wildman–Crippen MR) is 268 cm³/mol. The number of hydrogen-bond acceptors (Lipinski definition) is 7. The van der Waals surface area contributed by atoms with Crippen LogP contribution in [0.5, 0.6) is 0 Å². The van der Waals surface area contributed by atoms with Crippen LogP contribution in [0.4, 0.5) is 0 Å². The van der Waals surface area contributed by atoms with Crippen molar-refractivity contribution in [2.75, 3.05) is 7.11 Å². The third-order valence-electron chi connectivity index (χ3n) is 18.6. The first-order valence-corrected chi connectivity index (χ1v) is 24.8. The van der Waals surface area contributed by atoms with Gasteiger partial charge in [-0.3, -0.25) is 4.79 Å². The Balaban J connectivity index is 0.932. The molecular weight excluding hydrogens is 847 g/mol. The third-order valence-corrected chi connectivity index (χ3v) is 18.6. The van der Waals surface area contributed by atoms with E-state index in [4.69, 9.17) is 14.2 Å². The summed E-state index contributed by atoms with van der Waals surface area (Å²) in [6.07, 6.45) is 5.67. The lowest BCUT2D eigenvalue weighted by Gasteiger charge is -2.64. The standard InChI is InChI=1S/C59H57N3O6/c1-32(11-22-50(63)66-4)45-20-21-46-55-47(31-49(59(45,46)3)68-57(65)42-27-39-18-14-35-9-6-10-36-15-19-40(28-42)54(39)52(35)36)58(2)24-23-44(61-62-60)29-43(58)30-48(55)67-56(64)41-25-37-16-12-33-7-5-8-34-13-17-38(26-41)53(37)51(33)34/h5-10,12-19,25-28,32,43-49,55H,11,20-24,29-31H2,1-4H3/t32-,43+,44-,45-,46+,47+,48-,49+,55+,58+,59-/m1/s1. The van der Waals surface area contributed by atoms with Gasteiger partial charge >= 0.3 is 17.9 Å². The minimum atomic E-state index is -0.477. The van der Waals surface area contributed by atoms with Gasteiger partial charge < -0.3 is 14.2 Å². The third kappa shape index (κ3) is 6.55. The first-order chi connectivity index (χ1) is 33.0. The van der Waals surface area contributed by atoms with Crippen LogP contribution in [0.2, 0.25) is 0 Å². The molecule has 8 aromatic rings. The highest BCUT2D eigenvalue weighted by molar-refractivity contribution is 6.25. The van der Waals surface area contributed by atoms with Gasteiger partial charge in [0.1, 0.15) is 12.2 Å². The minimum absolute atomic E-state index is 0.0110. The second-order valence-electron chi connectivity index (χ2n) is 21.6. The van der Waals surface area contributed by atoms with Crippen LogP contribution in [0.15, 0.2) is 114 Å². The summed E-state index contributed by atoms with van der Waals surface area (Å²) in [6, 6.07) is 37.5. The summed E-state index contributed by atoms with van der Waals surface area (Å²) in [5.41, 5.74) is 10.0. The maximum atomic E-state index is 15.0. The van der Waals surface area contributed by atoms with Crippen LogP contribution in [0.1, 0.15) is 99.3 Å². The van der Waals surface area contributed by atoms with E-state index in [2.05, 4.69) is 116 Å². The number of rotatable bonds is 9. The average molecular weight is 904 g/mol. The van der Waals surface area contributed by atoms with E-state index in [-0.39, 0.29) is 64.9 Å². The second kappa shape index (κ2) is 16.1. The van der Waals surface area contributed by atoms with Crippen LogP contribution >= 0.6 is 0 Å². The molecule has 4 fully saturated rings. The van der Waals surface area contributed by atoms with Gasteiger partial charge in [0.05, 0.1) is 18.2 Å². The van der Waals surface area contributed by atoms with E-state index in [0.29, 0.717) is 36.8 Å². The van der Waals surface area contributed by atoms with Crippen LogP contribution in [-0.4, -0.2) is 43.3 Å². The second-order valence-corrected chi connectivity index (χ2v) is 21.6. The Hall–Kier alpha value is -6.44. The molecule has 0 N–H and O–H groups in total. The fourth-order valence-corrected chi connectivity index (χ4v) is 15.4. The van der Waals surface area contributed by atoms with E-state index in [1.165, 1.54) is 39.4 Å². The zero-order chi connectivity index (χ0) is 46.6. The lowest BCUT2D eigenvalue weighted by Crippen LogP contribution is -2.63. The summed E-state index contributed by atoms with van der Waals surface area (Å²) < 4.78 is 19.1. The molecule has 0 aliphatic heterocycles. The molecule has 4 aliphatic rings. The molecule has 0 unspecified atom stereocenters. The molecule has 0 spiro atoms. The molecule has 68 heavy (non-hydrogen) atoms. The van der Waals surface area contributed by atoms with E-state index < -0.39 is 17.6 Å². The predicted octanol–water partition coefficient (Wildman–Crippen LogP) is 14.4. The lowest BCUT2D eigenvalue weighted by molar-refractivity contribution is -0.202. The maximum absolute atomic E-state index is 15.0. The molecule has 0 aromatic heterocycles. The SMILES string of the molecule is COC(=O)CC[C@@H](C)[C@H]1CC[C@H]2[C@@H]3[C@H](OC(=O)c4cc5ccc6cccc7ccc(c4)c5c67)C[C@@H]4C[C@H](N=[N+]=[N-])CC[C@]4(C)[C@H]3C[C@H](OC(=O)c3cc4ccc5cccc6ccc(c3)c4c56)[C@]12C. The van der Waals surface area contributed by atoms with Crippen LogP contribution in [0.25, 0.3) is 75.1 Å². The van der Waals surface area contributed by atoms with Gasteiger partial charge in [-0.15, -0.1) is 0 Å². The van der Waals surface area contributed by atoms with Gasteiger partial charge in [0.15, 0.2) is 0 Å². The van der Waals surface area contributed by atoms with Crippen LogP contribution < -0.4 is 0 Å². The van der Waals surface area contributed by atoms with Crippen molar-refractivity contribution in [3.63, 3.8) is 0 Å². The van der Waals surface area contributed by atoms with Gasteiger partial charge in [0, 0.05) is 28.7 Å². The lowest BCUT2D eigenvalue weighted by atomic mass is 9.43. The van der Waals surface area contributed by atoms with E-state index in [1.54, 1.807) is 0 Å². The van der Waals surface area contributed by atoms with E-state index in [0.717, 1.165) is 64.4 Å². The zero-order valence-electron chi connectivity index (χ0n) is 39.2. The molecule has 0 saturated heterocycles. The van der Waals surface area contributed by atoms with Gasteiger partial charge in [0.25, 0.3) is 0 Å². The number of fused-ring (bicyclic) bond motifs is 5. The topological polar surface area (TPSA) is 128 Å². The monoisotopic (exact) mass is 903 g/mol. The van der Waals surface area contributed by atoms with E-state index >= 15 is 0 Å². The molecule has 0 bridgehead atoms.